The molecule has 0 unspecified atom stereocenters. The lowest BCUT2D eigenvalue weighted by molar-refractivity contribution is -0.119. The second-order valence-electron chi connectivity index (χ2n) is 7.92. The number of pyridine rings is 1. The molecule has 0 radical (unpaired) electrons. The van der Waals surface area contributed by atoms with Crippen LogP contribution >= 0.6 is 0 Å². The van der Waals surface area contributed by atoms with Crippen LogP contribution in [-0.4, -0.2) is 37.0 Å². The summed E-state index contributed by atoms with van der Waals surface area (Å²) in [5.74, 6) is 0.0740. The molecular formula is C26H18N6O3. The molecule has 6 rings (SSSR count). The molecule has 3 heterocycles. The largest absolute Gasteiger partial charge is 0.484 e. The Balaban J connectivity index is 1.24. The first-order valence-corrected chi connectivity index (χ1v) is 10.9. The summed E-state index contributed by atoms with van der Waals surface area (Å²) < 4.78 is 8.24. The number of benzene rings is 3. The Morgan fingerprint density at radius 3 is 2.57 bits per heavy atom. The van der Waals surface area contributed by atoms with Crippen molar-refractivity contribution >= 4 is 33.4 Å². The van der Waals surface area contributed by atoms with E-state index in [2.05, 4.69) is 20.7 Å². The number of fused-ring (bicyclic) bond motifs is 4. The van der Waals surface area contributed by atoms with Crippen molar-refractivity contribution in [3.63, 3.8) is 0 Å². The predicted octanol–water partition coefficient (Wildman–Crippen LogP) is 3.41. The monoisotopic (exact) mass is 462 g/mol. The van der Waals surface area contributed by atoms with E-state index in [1.54, 1.807) is 22.8 Å². The molecule has 0 fully saturated rings. The number of aromatic nitrogens is 5. The van der Waals surface area contributed by atoms with Crippen LogP contribution in [0.5, 0.6) is 5.75 Å². The number of ether oxygens (including phenoxy) is 1. The number of carbonyl (C=O) groups excluding carboxylic acids is 1. The molecule has 0 aliphatic carbocycles. The average molecular weight is 462 g/mol. The van der Waals surface area contributed by atoms with Gasteiger partial charge in [0.15, 0.2) is 17.8 Å². The van der Waals surface area contributed by atoms with Gasteiger partial charge < -0.3 is 4.74 Å². The molecule has 0 spiro atoms. The van der Waals surface area contributed by atoms with Crippen molar-refractivity contribution in [1.82, 2.24) is 24.5 Å². The maximum atomic E-state index is 13.0. The molecule has 1 amide bonds. The van der Waals surface area contributed by atoms with Crippen molar-refractivity contribution in [2.45, 2.75) is 0 Å². The van der Waals surface area contributed by atoms with Gasteiger partial charge in [-0.15, -0.1) is 10.2 Å². The lowest BCUT2D eigenvalue weighted by atomic mass is 10.1. The Kier molecular flexibility index (Phi) is 4.92. The molecule has 9 nitrogen and oxygen atoms in total. The van der Waals surface area contributed by atoms with Crippen molar-refractivity contribution in [3.8, 4) is 16.9 Å². The van der Waals surface area contributed by atoms with Gasteiger partial charge in [-0.05, 0) is 34.5 Å². The quantitative estimate of drug-likeness (QED) is 0.421. The van der Waals surface area contributed by atoms with Crippen LogP contribution in [0.3, 0.4) is 0 Å². The summed E-state index contributed by atoms with van der Waals surface area (Å²) in [5.41, 5.74) is 4.87. The van der Waals surface area contributed by atoms with Gasteiger partial charge >= 0.3 is 0 Å². The normalized spacial score (nSPS) is 11.2. The Morgan fingerprint density at radius 1 is 0.914 bits per heavy atom. The first kappa shape index (κ1) is 20.5. The van der Waals surface area contributed by atoms with Gasteiger partial charge in [0.25, 0.3) is 11.5 Å². The fourth-order valence-corrected chi connectivity index (χ4v) is 3.97. The summed E-state index contributed by atoms with van der Waals surface area (Å²) in [6.07, 6.45) is 3.15. The maximum absolute atomic E-state index is 13.0. The average Bonchev–Trinajstić information content (AvgIpc) is 3.34. The summed E-state index contributed by atoms with van der Waals surface area (Å²) in [6.45, 7) is -0.257. The topological polar surface area (TPSA) is 103 Å². The molecule has 170 valence electrons. The van der Waals surface area contributed by atoms with E-state index in [1.807, 2.05) is 66.7 Å². The molecule has 0 saturated heterocycles. The molecule has 3 aromatic carbocycles. The van der Waals surface area contributed by atoms with E-state index < -0.39 is 11.5 Å². The molecule has 0 saturated carbocycles. The fraction of sp³-hybridized carbons (Fsp3) is 0.0385. The van der Waals surface area contributed by atoms with E-state index in [0.29, 0.717) is 16.9 Å². The number of hydrogen-bond acceptors (Lipinski definition) is 6. The van der Waals surface area contributed by atoms with Crippen LogP contribution in [0.2, 0.25) is 0 Å². The smallest absolute Gasteiger partial charge is 0.299 e. The van der Waals surface area contributed by atoms with Crippen molar-refractivity contribution in [2.24, 2.45) is 0 Å². The molecule has 3 aromatic heterocycles. The van der Waals surface area contributed by atoms with Gasteiger partial charge in [-0.2, -0.15) is 5.10 Å². The summed E-state index contributed by atoms with van der Waals surface area (Å²) >= 11 is 0. The number of amides is 1. The zero-order valence-electron chi connectivity index (χ0n) is 18.3. The minimum absolute atomic E-state index is 0.0819. The lowest BCUT2D eigenvalue weighted by Crippen LogP contribution is -2.35. The van der Waals surface area contributed by atoms with Crippen molar-refractivity contribution < 1.29 is 9.53 Å². The molecule has 0 bridgehead atoms. The Hall–Kier alpha value is -5.05. The predicted molar refractivity (Wildman–Crippen MR) is 132 cm³/mol. The van der Waals surface area contributed by atoms with Crippen molar-refractivity contribution in [3.05, 3.63) is 102 Å². The number of nitrogens with zero attached hydrogens (tertiary/aromatic N) is 5. The lowest BCUT2D eigenvalue weighted by Gasteiger charge is -2.10. The molecular weight excluding hydrogens is 444 g/mol. The van der Waals surface area contributed by atoms with E-state index in [4.69, 9.17) is 4.74 Å². The number of rotatable bonds is 5. The first-order valence-electron chi connectivity index (χ1n) is 10.9. The number of carbonyl (C=O) groups is 1. The minimum Gasteiger partial charge on any atom is -0.484 e. The van der Waals surface area contributed by atoms with E-state index in [9.17, 15) is 9.59 Å². The third kappa shape index (κ3) is 3.74. The fourth-order valence-electron chi connectivity index (χ4n) is 3.97. The molecule has 0 atom stereocenters. The van der Waals surface area contributed by atoms with Gasteiger partial charge in [0.2, 0.25) is 0 Å². The van der Waals surface area contributed by atoms with Crippen LogP contribution in [-0.2, 0) is 4.79 Å². The molecule has 9 heteroatoms. The second-order valence-corrected chi connectivity index (χ2v) is 7.92. The van der Waals surface area contributed by atoms with Crippen molar-refractivity contribution in [2.75, 3.05) is 12.0 Å². The van der Waals surface area contributed by atoms with E-state index in [-0.39, 0.29) is 12.1 Å². The van der Waals surface area contributed by atoms with Gasteiger partial charge in [-0.25, -0.2) is 9.19 Å². The van der Waals surface area contributed by atoms with Crippen LogP contribution in [0.4, 0.5) is 0 Å². The van der Waals surface area contributed by atoms with Gasteiger partial charge in [-0.1, -0.05) is 60.7 Å². The maximum Gasteiger partial charge on any atom is 0.299 e. The zero-order chi connectivity index (χ0) is 23.8. The Labute approximate surface area is 198 Å². The molecule has 0 aliphatic rings. The SMILES string of the molecule is O=C(COc1ccc2ccccc2c1)Nn1ccc2c(nnc3c(-c4ccccc4)cnn32)c1=O. The highest BCUT2D eigenvalue weighted by molar-refractivity contribution is 5.87. The zero-order valence-corrected chi connectivity index (χ0v) is 18.3. The number of nitrogens with one attached hydrogen (secondary N) is 1. The third-order valence-electron chi connectivity index (χ3n) is 5.68. The first-order chi connectivity index (χ1) is 17.2. The van der Waals surface area contributed by atoms with Gasteiger partial charge in [-0.3, -0.25) is 15.0 Å². The summed E-state index contributed by atoms with van der Waals surface area (Å²) in [4.78, 5) is 25.4. The molecule has 1 N–H and O–H groups in total. The van der Waals surface area contributed by atoms with Crippen LogP contribution < -0.4 is 15.7 Å². The Morgan fingerprint density at radius 2 is 1.71 bits per heavy atom. The van der Waals surface area contributed by atoms with Crippen LogP contribution in [0.15, 0.2) is 96.1 Å². The van der Waals surface area contributed by atoms with Crippen molar-refractivity contribution in [1.29, 1.82) is 0 Å². The summed E-state index contributed by atoms with van der Waals surface area (Å²) in [6, 6.07) is 24.8. The Bertz CT molecular complexity index is 1780. The molecule has 35 heavy (non-hydrogen) atoms. The third-order valence-corrected chi connectivity index (χ3v) is 5.68. The standard InChI is InChI=1S/C26H18N6O3/c33-23(16-35-20-11-10-17-6-4-5-9-19(17)14-20)30-31-13-12-22-24(26(31)34)28-29-25-21(15-27-32(22)25)18-7-2-1-3-8-18/h1-15H,16H2,(H,30,33). The highest BCUT2D eigenvalue weighted by atomic mass is 16.5. The molecule has 6 aromatic rings. The van der Waals surface area contributed by atoms with Gasteiger partial charge in [0, 0.05) is 11.8 Å². The van der Waals surface area contributed by atoms with Crippen LogP contribution in [0, 0.1) is 0 Å². The van der Waals surface area contributed by atoms with E-state index in [1.165, 1.54) is 6.20 Å². The van der Waals surface area contributed by atoms with Crippen LogP contribution in [0.25, 0.3) is 38.6 Å². The highest BCUT2D eigenvalue weighted by Crippen LogP contribution is 2.24. The highest BCUT2D eigenvalue weighted by Gasteiger charge is 2.15. The van der Waals surface area contributed by atoms with E-state index >= 15 is 0 Å². The number of hydrogen-bond donors (Lipinski definition) is 1. The van der Waals surface area contributed by atoms with Gasteiger partial charge in [0.1, 0.15) is 11.3 Å². The second kappa shape index (κ2) is 8.38. The minimum atomic E-state index is -0.521. The van der Waals surface area contributed by atoms with Gasteiger partial charge in [0.05, 0.1) is 6.20 Å². The molecule has 0 aliphatic heterocycles. The van der Waals surface area contributed by atoms with E-state index in [0.717, 1.165) is 26.6 Å². The summed E-state index contributed by atoms with van der Waals surface area (Å²) in [7, 11) is 0. The van der Waals surface area contributed by atoms with Crippen LogP contribution in [0.1, 0.15) is 0 Å². The summed E-state index contributed by atoms with van der Waals surface area (Å²) in [5, 5.41) is 14.8.